The van der Waals surface area contributed by atoms with E-state index in [1.165, 1.54) is 4.70 Å². The molecule has 2 aromatic carbocycles. The van der Waals surface area contributed by atoms with E-state index in [0.29, 0.717) is 6.54 Å². The van der Waals surface area contributed by atoms with Crippen LogP contribution in [0.1, 0.15) is 5.56 Å². The van der Waals surface area contributed by atoms with Gasteiger partial charge in [-0.15, -0.1) is 0 Å². The molecule has 3 rings (SSSR count). The van der Waals surface area contributed by atoms with Crippen molar-refractivity contribution in [3.05, 3.63) is 54.1 Å². The minimum absolute atomic E-state index is 0.701. The average molecular weight is 255 g/mol. The van der Waals surface area contributed by atoms with Gasteiger partial charge in [-0.2, -0.15) is 0 Å². The lowest BCUT2D eigenvalue weighted by atomic mass is 10.2. The third-order valence-corrected chi connectivity index (χ3v) is 3.77. The zero-order valence-corrected chi connectivity index (χ0v) is 10.6. The first-order valence-electron chi connectivity index (χ1n) is 5.76. The Morgan fingerprint density at radius 3 is 2.67 bits per heavy atom. The number of aromatic nitrogens is 1. The van der Waals surface area contributed by atoms with Crippen LogP contribution >= 0.6 is 11.3 Å². The number of anilines is 2. The second-order valence-electron chi connectivity index (χ2n) is 4.04. The summed E-state index contributed by atoms with van der Waals surface area (Å²) < 4.78 is 1.20. The molecule has 1 aromatic heterocycles. The van der Waals surface area contributed by atoms with Gasteiger partial charge >= 0.3 is 0 Å². The normalized spacial score (nSPS) is 10.7. The molecule has 0 amide bonds. The summed E-state index contributed by atoms with van der Waals surface area (Å²) in [5.74, 6) is 0. The van der Waals surface area contributed by atoms with Gasteiger partial charge in [-0.25, -0.2) is 4.98 Å². The quantitative estimate of drug-likeness (QED) is 0.704. The van der Waals surface area contributed by atoms with E-state index >= 15 is 0 Å². The zero-order valence-electron chi connectivity index (χ0n) is 9.76. The van der Waals surface area contributed by atoms with Gasteiger partial charge in [-0.3, -0.25) is 0 Å². The summed E-state index contributed by atoms with van der Waals surface area (Å²) >= 11 is 1.66. The third kappa shape index (κ3) is 2.15. The van der Waals surface area contributed by atoms with Gasteiger partial charge in [0.25, 0.3) is 0 Å². The van der Waals surface area contributed by atoms with Crippen molar-refractivity contribution in [1.29, 1.82) is 0 Å². The molecule has 0 spiro atoms. The fraction of sp³-hybridized carbons (Fsp3) is 0.0714. The van der Waals surface area contributed by atoms with Gasteiger partial charge in [0.1, 0.15) is 0 Å². The minimum atomic E-state index is 0.701. The molecule has 0 aliphatic rings. The number of nitrogens with one attached hydrogen (secondary N) is 1. The largest absolute Gasteiger partial charge is 0.398 e. The van der Waals surface area contributed by atoms with Gasteiger partial charge in [0.15, 0.2) is 5.13 Å². The highest BCUT2D eigenvalue weighted by Gasteiger charge is 2.03. The molecular formula is C14H13N3S. The molecule has 3 N–H and O–H groups in total. The summed E-state index contributed by atoms with van der Waals surface area (Å²) in [4.78, 5) is 4.52. The molecule has 4 heteroatoms. The number of thiazole rings is 1. The molecule has 0 aliphatic carbocycles. The van der Waals surface area contributed by atoms with Gasteiger partial charge in [-0.1, -0.05) is 41.7 Å². The number of nitrogens with zero attached hydrogens (tertiary/aromatic N) is 1. The van der Waals surface area contributed by atoms with Gasteiger partial charge < -0.3 is 11.1 Å². The van der Waals surface area contributed by atoms with E-state index in [4.69, 9.17) is 5.73 Å². The van der Waals surface area contributed by atoms with Crippen molar-refractivity contribution in [2.24, 2.45) is 0 Å². The zero-order chi connectivity index (χ0) is 12.4. The number of nitrogen functional groups attached to an aromatic ring is 1. The predicted molar refractivity (Wildman–Crippen MR) is 77.8 cm³/mol. The molecule has 0 bridgehead atoms. The van der Waals surface area contributed by atoms with Gasteiger partial charge in [-0.05, 0) is 23.8 Å². The number of nitrogens with two attached hydrogens (primary N) is 1. The Labute approximate surface area is 109 Å². The first-order valence-corrected chi connectivity index (χ1v) is 6.57. The first kappa shape index (κ1) is 11.0. The fourth-order valence-corrected chi connectivity index (χ4v) is 2.68. The summed E-state index contributed by atoms with van der Waals surface area (Å²) in [5.41, 5.74) is 8.84. The van der Waals surface area contributed by atoms with Crippen molar-refractivity contribution in [2.75, 3.05) is 11.1 Å². The van der Waals surface area contributed by atoms with E-state index in [1.54, 1.807) is 11.3 Å². The molecule has 0 aliphatic heterocycles. The summed E-state index contributed by atoms with van der Waals surface area (Å²) in [6.45, 7) is 0.701. The number of benzene rings is 2. The number of hydrogen-bond donors (Lipinski definition) is 2. The van der Waals surface area contributed by atoms with Crippen LogP contribution in [-0.2, 0) is 6.54 Å². The van der Waals surface area contributed by atoms with Gasteiger partial charge in [0.2, 0.25) is 0 Å². The summed E-state index contributed by atoms with van der Waals surface area (Å²) in [6.07, 6.45) is 0. The molecule has 0 saturated carbocycles. The molecule has 0 saturated heterocycles. The molecule has 0 atom stereocenters. The van der Waals surface area contributed by atoms with Gasteiger partial charge in [0.05, 0.1) is 10.2 Å². The third-order valence-electron chi connectivity index (χ3n) is 2.78. The van der Waals surface area contributed by atoms with E-state index in [9.17, 15) is 0 Å². The Balaban J connectivity index is 1.79. The summed E-state index contributed by atoms with van der Waals surface area (Å²) in [5, 5.41) is 4.25. The SMILES string of the molecule is Nc1ccccc1CNc1nc2ccccc2s1. The molecule has 1 heterocycles. The molecule has 18 heavy (non-hydrogen) atoms. The van der Waals surface area contributed by atoms with Crippen LogP contribution in [0.4, 0.5) is 10.8 Å². The minimum Gasteiger partial charge on any atom is -0.398 e. The van der Waals surface area contributed by atoms with Crippen LogP contribution in [0.5, 0.6) is 0 Å². The fourth-order valence-electron chi connectivity index (χ4n) is 1.81. The second-order valence-corrected chi connectivity index (χ2v) is 5.07. The van der Waals surface area contributed by atoms with Crippen LogP contribution in [-0.4, -0.2) is 4.98 Å². The second kappa shape index (κ2) is 4.66. The highest BCUT2D eigenvalue weighted by atomic mass is 32.1. The van der Waals surface area contributed by atoms with Crippen LogP contribution in [0.15, 0.2) is 48.5 Å². The highest BCUT2D eigenvalue weighted by molar-refractivity contribution is 7.22. The molecule has 3 nitrogen and oxygen atoms in total. The lowest BCUT2D eigenvalue weighted by Crippen LogP contribution is -2.02. The Hall–Kier alpha value is -2.07. The van der Waals surface area contributed by atoms with E-state index in [2.05, 4.69) is 16.4 Å². The van der Waals surface area contributed by atoms with Crippen molar-refractivity contribution >= 4 is 32.4 Å². The Morgan fingerprint density at radius 1 is 1.06 bits per heavy atom. The van der Waals surface area contributed by atoms with E-state index in [1.807, 2.05) is 42.5 Å². The maximum absolute atomic E-state index is 5.90. The molecule has 0 radical (unpaired) electrons. The number of para-hydroxylation sites is 2. The predicted octanol–water partition coefficient (Wildman–Crippen LogP) is 3.49. The van der Waals surface area contributed by atoms with Crippen molar-refractivity contribution in [1.82, 2.24) is 4.98 Å². The van der Waals surface area contributed by atoms with Crippen LogP contribution in [0, 0.1) is 0 Å². The number of rotatable bonds is 3. The van der Waals surface area contributed by atoms with E-state index < -0.39 is 0 Å². The topological polar surface area (TPSA) is 50.9 Å². The molecule has 0 unspecified atom stereocenters. The summed E-state index contributed by atoms with van der Waals surface area (Å²) in [7, 11) is 0. The van der Waals surface area contributed by atoms with E-state index in [0.717, 1.165) is 21.9 Å². The standard InChI is InChI=1S/C14H13N3S/c15-11-6-2-1-5-10(11)9-16-14-17-12-7-3-4-8-13(12)18-14/h1-8H,9,15H2,(H,16,17). The van der Waals surface area contributed by atoms with E-state index in [-0.39, 0.29) is 0 Å². The van der Waals surface area contributed by atoms with Crippen molar-refractivity contribution in [2.45, 2.75) is 6.54 Å². The Morgan fingerprint density at radius 2 is 1.83 bits per heavy atom. The molecule has 3 aromatic rings. The first-order chi connectivity index (χ1) is 8.83. The molecular weight excluding hydrogens is 242 g/mol. The Kier molecular flexibility index (Phi) is 2.86. The van der Waals surface area contributed by atoms with Crippen LogP contribution in [0.25, 0.3) is 10.2 Å². The number of hydrogen-bond acceptors (Lipinski definition) is 4. The monoisotopic (exact) mass is 255 g/mol. The molecule has 90 valence electrons. The van der Waals surface area contributed by atoms with Gasteiger partial charge in [0, 0.05) is 12.2 Å². The molecule has 0 fully saturated rings. The van der Waals surface area contributed by atoms with Crippen LogP contribution in [0.3, 0.4) is 0 Å². The van der Waals surface area contributed by atoms with Crippen LogP contribution < -0.4 is 11.1 Å². The van der Waals surface area contributed by atoms with Crippen molar-refractivity contribution in [3.63, 3.8) is 0 Å². The smallest absolute Gasteiger partial charge is 0.184 e. The lowest BCUT2D eigenvalue weighted by molar-refractivity contribution is 1.14. The maximum Gasteiger partial charge on any atom is 0.184 e. The lowest BCUT2D eigenvalue weighted by Gasteiger charge is -2.05. The van der Waals surface area contributed by atoms with Crippen molar-refractivity contribution < 1.29 is 0 Å². The summed E-state index contributed by atoms with van der Waals surface area (Å²) in [6, 6.07) is 16.0. The maximum atomic E-state index is 5.90. The van der Waals surface area contributed by atoms with Crippen LogP contribution in [0.2, 0.25) is 0 Å². The van der Waals surface area contributed by atoms with Crippen molar-refractivity contribution in [3.8, 4) is 0 Å². The average Bonchev–Trinajstić information content (AvgIpc) is 2.80. The Bertz CT molecular complexity index is 642. The number of fused-ring (bicyclic) bond motifs is 1. The highest BCUT2D eigenvalue weighted by Crippen LogP contribution is 2.26.